The Morgan fingerprint density at radius 3 is 2.32 bits per heavy atom. The summed E-state index contributed by atoms with van der Waals surface area (Å²) in [7, 11) is 1.25. The first-order valence-corrected chi connectivity index (χ1v) is 7.92. The molecular weight excluding hydrogens is 320 g/mol. The fraction of sp³-hybridized carbons (Fsp3) is 0.211. The number of benzene rings is 2. The molecule has 0 saturated heterocycles. The highest BCUT2D eigenvalue weighted by molar-refractivity contribution is 6.40. The van der Waals surface area contributed by atoms with Gasteiger partial charge in [-0.2, -0.15) is 0 Å². The maximum Gasteiger partial charge on any atom is 0.339 e. The highest BCUT2D eigenvalue weighted by Gasteiger charge is 2.17. The summed E-state index contributed by atoms with van der Waals surface area (Å²) >= 11 is 0. The van der Waals surface area contributed by atoms with Crippen molar-refractivity contribution in [2.75, 3.05) is 19.0 Å². The molecule has 2 aromatic carbocycles. The zero-order chi connectivity index (χ0) is 18.1. The van der Waals surface area contributed by atoms with Gasteiger partial charge in [-0.05, 0) is 30.5 Å². The SMILES string of the molecule is COC(=O)c1ccccc1NC(=O)C(=O)NCCCc1ccccc1. The molecule has 2 aromatic rings. The number of aryl methyl sites for hydroxylation is 1. The predicted octanol–water partition coefficient (Wildman–Crippen LogP) is 2.16. The average Bonchev–Trinajstić information content (AvgIpc) is 2.65. The van der Waals surface area contributed by atoms with Crippen LogP contribution in [0.25, 0.3) is 0 Å². The molecule has 6 heteroatoms. The van der Waals surface area contributed by atoms with E-state index in [0.29, 0.717) is 6.54 Å². The average molecular weight is 340 g/mol. The first-order valence-electron chi connectivity index (χ1n) is 7.92. The molecule has 0 aromatic heterocycles. The summed E-state index contributed by atoms with van der Waals surface area (Å²) in [6, 6.07) is 16.2. The van der Waals surface area contributed by atoms with E-state index in [1.54, 1.807) is 12.1 Å². The molecule has 0 bridgehead atoms. The summed E-state index contributed by atoms with van der Waals surface area (Å²) < 4.78 is 4.65. The quantitative estimate of drug-likeness (QED) is 0.479. The Balaban J connectivity index is 1.83. The molecule has 2 rings (SSSR count). The van der Waals surface area contributed by atoms with Crippen LogP contribution in [0.3, 0.4) is 0 Å². The van der Waals surface area contributed by atoms with Gasteiger partial charge in [-0.25, -0.2) is 4.79 Å². The number of esters is 1. The second-order valence-corrected chi connectivity index (χ2v) is 5.34. The topological polar surface area (TPSA) is 84.5 Å². The van der Waals surface area contributed by atoms with E-state index in [1.807, 2.05) is 30.3 Å². The van der Waals surface area contributed by atoms with Crippen molar-refractivity contribution in [3.8, 4) is 0 Å². The van der Waals surface area contributed by atoms with E-state index in [4.69, 9.17) is 0 Å². The van der Waals surface area contributed by atoms with Crippen LogP contribution in [0.15, 0.2) is 54.6 Å². The van der Waals surface area contributed by atoms with Gasteiger partial charge in [0.25, 0.3) is 0 Å². The van der Waals surface area contributed by atoms with Crippen LogP contribution in [0, 0.1) is 0 Å². The third-order valence-electron chi connectivity index (χ3n) is 3.56. The lowest BCUT2D eigenvalue weighted by Crippen LogP contribution is -2.36. The van der Waals surface area contributed by atoms with Crippen molar-refractivity contribution in [2.45, 2.75) is 12.8 Å². The highest BCUT2D eigenvalue weighted by atomic mass is 16.5. The molecule has 0 aliphatic carbocycles. The third kappa shape index (κ3) is 5.46. The number of anilines is 1. The number of hydrogen-bond acceptors (Lipinski definition) is 4. The summed E-state index contributed by atoms with van der Waals surface area (Å²) in [5.41, 5.74) is 1.60. The molecule has 0 saturated carbocycles. The number of nitrogens with one attached hydrogen (secondary N) is 2. The monoisotopic (exact) mass is 340 g/mol. The van der Waals surface area contributed by atoms with Gasteiger partial charge < -0.3 is 15.4 Å². The lowest BCUT2D eigenvalue weighted by Gasteiger charge is -2.09. The molecule has 0 aliphatic heterocycles. The van der Waals surface area contributed by atoms with Gasteiger partial charge in [0, 0.05) is 6.54 Å². The number of amides is 2. The van der Waals surface area contributed by atoms with E-state index in [-0.39, 0.29) is 11.3 Å². The first-order chi connectivity index (χ1) is 12.1. The summed E-state index contributed by atoms with van der Waals surface area (Å²) in [4.78, 5) is 35.5. The summed E-state index contributed by atoms with van der Waals surface area (Å²) in [5, 5.41) is 5.00. The van der Waals surface area contributed by atoms with E-state index >= 15 is 0 Å². The van der Waals surface area contributed by atoms with Crippen molar-refractivity contribution in [1.29, 1.82) is 0 Å². The summed E-state index contributed by atoms with van der Waals surface area (Å²) in [6.45, 7) is 0.389. The fourth-order valence-electron chi connectivity index (χ4n) is 2.28. The number of rotatable bonds is 6. The maximum absolute atomic E-state index is 12.0. The van der Waals surface area contributed by atoms with Crippen LogP contribution >= 0.6 is 0 Å². The lowest BCUT2D eigenvalue weighted by atomic mass is 10.1. The van der Waals surface area contributed by atoms with Crippen molar-refractivity contribution in [1.82, 2.24) is 5.32 Å². The smallest absolute Gasteiger partial charge is 0.339 e. The van der Waals surface area contributed by atoms with Gasteiger partial charge in [0.15, 0.2) is 0 Å². The molecule has 0 fully saturated rings. The number of carbonyl (C=O) groups excluding carboxylic acids is 3. The first kappa shape index (κ1) is 18.2. The molecule has 0 radical (unpaired) electrons. The third-order valence-corrected chi connectivity index (χ3v) is 3.56. The minimum atomic E-state index is -0.823. The molecular formula is C19H20N2O4. The van der Waals surface area contributed by atoms with Crippen LogP contribution in [0.5, 0.6) is 0 Å². The van der Waals surface area contributed by atoms with Gasteiger partial charge in [0.05, 0.1) is 18.4 Å². The number of hydrogen-bond donors (Lipinski definition) is 2. The van der Waals surface area contributed by atoms with E-state index in [0.717, 1.165) is 12.8 Å². The Morgan fingerprint density at radius 1 is 0.920 bits per heavy atom. The van der Waals surface area contributed by atoms with Crippen LogP contribution in [-0.2, 0) is 20.7 Å². The Kier molecular flexibility index (Phi) is 6.71. The molecule has 0 unspecified atom stereocenters. The van der Waals surface area contributed by atoms with Gasteiger partial charge in [0.2, 0.25) is 0 Å². The Bertz CT molecular complexity index is 744. The molecule has 0 spiro atoms. The number of carbonyl (C=O) groups is 3. The van der Waals surface area contributed by atoms with Crippen molar-refractivity contribution < 1.29 is 19.1 Å². The van der Waals surface area contributed by atoms with E-state index in [2.05, 4.69) is 15.4 Å². The zero-order valence-electron chi connectivity index (χ0n) is 14.0. The van der Waals surface area contributed by atoms with Crippen LogP contribution in [0.1, 0.15) is 22.3 Å². The van der Waals surface area contributed by atoms with Crippen molar-refractivity contribution in [3.05, 3.63) is 65.7 Å². The molecule has 6 nitrogen and oxygen atoms in total. The number of para-hydroxylation sites is 1. The Hall–Kier alpha value is -3.15. The minimum absolute atomic E-state index is 0.190. The van der Waals surface area contributed by atoms with Crippen LogP contribution in [0.4, 0.5) is 5.69 Å². The number of ether oxygens (including phenoxy) is 1. The van der Waals surface area contributed by atoms with Crippen molar-refractivity contribution >= 4 is 23.5 Å². The lowest BCUT2D eigenvalue weighted by molar-refractivity contribution is -0.136. The molecule has 2 amide bonds. The Labute approximate surface area is 146 Å². The van der Waals surface area contributed by atoms with E-state index < -0.39 is 17.8 Å². The molecule has 0 aliphatic rings. The van der Waals surface area contributed by atoms with Crippen molar-refractivity contribution in [2.24, 2.45) is 0 Å². The second-order valence-electron chi connectivity index (χ2n) is 5.34. The zero-order valence-corrected chi connectivity index (χ0v) is 14.0. The molecule has 0 atom stereocenters. The van der Waals surface area contributed by atoms with E-state index in [1.165, 1.54) is 24.8 Å². The largest absolute Gasteiger partial charge is 0.465 e. The molecule has 130 valence electrons. The second kappa shape index (κ2) is 9.22. The molecule has 0 heterocycles. The fourth-order valence-corrected chi connectivity index (χ4v) is 2.28. The van der Waals surface area contributed by atoms with Gasteiger partial charge in [0.1, 0.15) is 0 Å². The van der Waals surface area contributed by atoms with Gasteiger partial charge in [-0.3, -0.25) is 9.59 Å². The van der Waals surface area contributed by atoms with Crippen LogP contribution in [-0.4, -0.2) is 31.4 Å². The summed E-state index contributed by atoms with van der Waals surface area (Å²) in [5.74, 6) is -2.15. The minimum Gasteiger partial charge on any atom is -0.465 e. The predicted molar refractivity (Wildman–Crippen MR) is 94.2 cm³/mol. The van der Waals surface area contributed by atoms with Crippen LogP contribution in [0.2, 0.25) is 0 Å². The van der Waals surface area contributed by atoms with Crippen molar-refractivity contribution in [3.63, 3.8) is 0 Å². The van der Waals surface area contributed by atoms with Gasteiger partial charge >= 0.3 is 17.8 Å². The Morgan fingerprint density at radius 2 is 1.60 bits per heavy atom. The van der Waals surface area contributed by atoms with Crippen LogP contribution < -0.4 is 10.6 Å². The highest BCUT2D eigenvalue weighted by Crippen LogP contribution is 2.15. The van der Waals surface area contributed by atoms with Gasteiger partial charge in [-0.1, -0.05) is 42.5 Å². The number of methoxy groups -OCH3 is 1. The van der Waals surface area contributed by atoms with E-state index in [9.17, 15) is 14.4 Å². The molecule has 25 heavy (non-hydrogen) atoms. The summed E-state index contributed by atoms with van der Waals surface area (Å²) in [6.07, 6.45) is 1.54. The standard InChI is InChI=1S/C19H20N2O4/c1-25-19(24)15-11-5-6-12-16(15)21-18(23)17(22)20-13-7-10-14-8-3-2-4-9-14/h2-6,8-9,11-12H,7,10,13H2,1H3,(H,20,22)(H,21,23). The maximum atomic E-state index is 12.0. The molecule has 2 N–H and O–H groups in total. The normalized spacial score (nSPS) is 9.96. The van der Waals surface area contributed by atoms with Gasteiger partial charge in [-0.15, -0.1) is 0 Å².